The Kier molecular flexibility index (Phi) is 20.0. The van der Waals surface area contributed by atoms with Crippen molar-refractivity contribution in [1.82, 2.24) is 19.9 Å². The van der Waals surface area contributed by atoms with Gasteiger partial charge >= 0.3 is 47.8 Å². The molecule has 2 saturated heterocycles. The van der Waals surface area contributed by atoms with Crippen LogP contribution in [-0.2, 0) is 85.7 Å². The number of benzene rings is 4. The van der Waals surface area contributed by atoms with Gasteiger partial charge in [0.25, 0.3) is 0 Å². The Balaban J connectivity index is 1.04. The quantitative estimate of drug-likeness (QED) is 0.0596. The number of hydrogen-bond acceptors (Lipinski definition) is 22. The van der Waals surface area contributed by atoms with Gasteiger partial charge in [0.2, 0.25) is 24.8 Å². The monoisotopic (exact) mass is 1310 g/mol. The molecule has 0 radical (unpaired) electrons. The Morgan fingerprint density at radius 1 is 0.333 bits per heavy atom. The largest absolute Gasteiger partial charge is 0.463 e. The van der Waals surface area contributed by atoms with Crippen LogP contribution < -0.4 is 9.47 Å². The number of rotatable bonds is 18. The SMILES string of the molecule is CC(=O)OC[C@H]1O[C@@H](Oc2ccc(-c3c4nc(c(-c5ccccc5)c5ccc([nH]5)c(-c5ccc(O[C@@H]6O[C@H](COC(C)=O)[C@@H](OC(C)=O)[C@H](OC(C)=O)[C@H]6OC(C)=O)cc5)c5nc(c(-c6ccccc6)c6ccc3[nH]6)C=C5)C=C4)cc2)[C@H](OC(C)=O)[C@@H](OC(C)=O)[C@@H]1OC(C)=O. The molecule has 0 aliphatic carbocycles. The molecule has 4 aliphatic rings. The minimum absolute atomic E-state index is 0.223. The maximum Gasteiger partial charge on any atom is 0.303 e. The third-order valence-corrected chi connectivity index (χ3v) is 15.6. The third-order valence-electron chi connectivity index (χ3n) is 15.6. The summed E-state index contributed by atoms with van der Waals surface area (Å²) in [7, 11) is 0. The van der Waals surface area contributed by atoms with Gasteiger partial charge in [-0.2, -0.15) is 0 Å². The van der Waals surface area contributed by atoms with Crippen molar-refractivity contribution < 1.29 is 95.2 Å². The molecule has 0 amide bonds. The summed E-state index contributed by atoms with van der Waals surface area (Å²) in [6.45, 7) is 8.35. The average Bonchev–Trinajstić information content (AvgIpc) is 1.35. The van der Waals surface area contributed by atoms with E-state index in [0.29, 0.717) is 67.1 Å². The number of fused-ring (bicyclic) bond motifs is 8. The maximum absolute atomic E-state index is 12.7. The van der Waals surface area contributed by atoms with Crippen molar-refractivity contribution in [2.75, 3.05) is 13.2 Å². The summed E-state index contributed by atoms with van der Waals surface area (Å²) in [5, 5.41) is 0. The number of aromatic nitrogens is 4. The number of esters is 8. The van der Waals surface area contributed by atoms with E-state index in [9.17, 15) is 38.4 Å². The smallest absolute Gasteiger partial charge is 0.303 e. The van der Waals surface area contributed by atoms with E-state index >= 15 is 0 Å². The second-order valence-electron chi connectivity index (χ2n) is 22.7. The van der Waals surface area contributed by atoms with Crippen LogP contribution in [0.15, 0.2) is 133 Å². The fraction of sp³-hybridized carbons (Fsp3) is 0.278. The van der Waals surface area contributed by atoms with Gasteiger partial charge in [-0.25, -0.2) is 9.97 Å². The van der Waals surface area contributed by atoms with Crippen LogP contribution in [0.1, 0.15) is 78.2 Å². The van der Waals surface area contributed by atoms with Crippen LogP contribution in [0.3, 0.4) is 0 Å². The molecule has 24 nitrogen and oxygen atoms in total. The first-order valence-corrected chi connectivity index (χ1v) is 30.6. The van der Waals surface area contributed by atoms with Crippen LogP contribution in [0, 0.1) is 0 Å². The number of carbonyl (C=O) groups excluding carboxylic acids is 8. The molecule has 10 atom stereocenters. The van der Waals surface area contributed by atoms with Crippen molar-refractivity contribution in [3.8, 4) is 56.0 Å². The van der Waals surface area contributed by atoms with Crippen molar-refractivity contribution in [3.05, 3.63) is 156 Å². The lowest BCUT2D eigenvalue weighted by Crippen LogP contribution is -2.63. The topological polar surface area (TPSA) is 305 Å². The molecule has 0 unspecified atom stereocenters. The number of nitrogens with one attached hydrogen (secondary N) is 2. The maximum atomic E-state index is 12.7. The van der Waals surface area contributed by atoms with Gasteiger partial charge < -0.3 is 66.8 Å². The molecule has 494 valence electrons. The summed E-state index contributed by atoms with van der Waals surface area (Å²) in [5.74, 6) is -5.55. The normalized spacial score (nSPS) is 21.0. The summed E-state index contributed by atoms with van der Waals surface area (Å²) in [5.41, 5.74) is 11.2. The first kappa shape index (κ1) is 66.2. The lowest BCUT2D eigenvalue weighted by atomic mass is 9.98. The molecule has 0 saturated carbocycles. The first-order valence-electron chi connectivity index (χ1n) is 30.6. The molecule has 0 spiro atoms. The summed E-state index contributed by atoms with van der Waals surface area (Å²) in [6.07, 6.45) is -6.26. The van der Waals surface area contributed by atoms with E-state index in [0.717, 1.165) is 63.8 Å². The predicted molar refractivity (Wildman–Crippen MR) is 346 cm³/mol. The Hall–Kier alpha value is -11.2. The van der Waals surface area contributed by atoms with Crippen LogP contribution in [0.5, 0.6) is 11.5 Å². The molecule has 2 fully saturated rings. The second-order valence-corrected chi connectivity index (χ2v) is 22.7. The summed E-state index contributed by atoms with van der Waals surface area (Å²) >= 11 is 0. The zero-order valence-corrected chi connectivity index (χ0v) is 53.3. The highest BCUT2D eigenvalue weighted by atomic mass is 16.7. The van der Waals surface area contributed by atoms with E-state index in [4.69, 9.17) is 66.8 Å². The molecule has 96 heavy (non-hydrogen) atoms. The summed E-state index contributed by atoms with van der Waals surface area (Å²) in [4.78, 5) is 118. The van der Waals surface area contributed by atoms with E-state index in [1.165, 1.54) is 13.8 Å². The Labute approximate surface area is 549 Å². The van der Waals surface area contributed by atoms with Crippen LogP contribution in [-0.4, -0.2) is 142 Å². The summed E-state index contributed by atoms with van der Waals surface area (Å²) < 4.78 is 69.7. The standard InChI is InChI=1S/C72H66N4O20/c1-37(77)85-35-59-65(87-39(3)79)67(89-41(5)81)69(91-43(7)83)71(95-59)93-49-23-19-47(20-24-49)63-55-31-27-51(73-55)61(45-15-11-9-12-16-45)53-29-33-57(75-53)64(58-34-30-54(76-58)62(46-17-13-10-14-18-46)52-28-32-56(63)74-52)48-21-25-50(26-22-48)94-72-70(92-44(8)84)68(90-42(6)82)66(88-40(4)80)60(96-72)36-86-38(2)78/h9-34,59-60,65-73,76H,35-36H2,1-8H3/t59-,60-,65-,66-,67+,68+,69-,70-,71-,72-/m1/s1. The molecule has 3 aromatic heterocycles. The van der Waals surface area contributed by atoms with E-state index < -0.39 is 122 Å². The van der Waals surface area contributed by atoms with Gasteiger partial charge in [-0.1, -0.05) is 84.9 Å². The van der Waals surface area contributed by atoms with Gasteiger partial charge in [-0.15, -0.1) is 0 Å². The van der Waals surface area contributed by atoms with E-state index in [-0.39, 0.29) is 11.5 Å². The third kappa shape index (κ3) is 15.2. The van der Waals surface area contributed by atoms with Crippen LogP contribution in [0.25, 0.3) is 90.9 Å². The highest BCUT2D eigenvalue weighted by Gasteiger charge is 2.55. The van der Waals surface area contributed by atoms with Gasteiger partial charge in [0.1, 0.15) is 36.9 Å². The van der Waals surface area contributed by atoms with E-state index in [2.05, 4.69) is 9.97 Å². The molecule has 7 aromatic rings. The number of hydrogen-bond donors (Lipinski definition) is 2. The van der Waals surface area contributed by atoms with Crippen molar-refractivity contribution in [2.24, 2.45) is 0 Å². The number of aromatic amines is 2. The van der Waals surface area contributed by atoms with Gasteiger partial charge in [0, 0.05) is 99.7 Å². The first-order chi connectivity index (χ1) is 46.1. The van der Waals surface area contributed by atoms with Crippen molar-refractivity contribution in [3.63, 3.8) is 0 Å². The highest BCUT2D eigenvalue weighted by molar-refractivity contribution is 6.00. The summed E-state index contributed by atoms with van der Waals surface area (Å²) in [6, 6.07) is 41.5. The molecule has 11 rings (SSSR count). The van der Waals surface area contributed by atoms with E-state index in [1.807, 2.05) is 133 Å². The fourth-order valence-electron chi connectivity index (χ4n) is 11.9. The minimum atomic E-state index is -1.48. The molecule has 4 aromatic carbocycles. The minimum Gasteiger partial charge on any atom is -0.463 e. The predicted octanol–water partition coefficient (Wildman–Crippen LogP) is 10.2. The molecule has 24 heteroatoms. The fourth-order valence-corrected chi connectivity index (χ4v) is 11.9. The Bertz CT molecular complexity index is 4090. The molecule has 4 aliphatic heterocycles. The molecular weight excluding hydrogens is 1240 g/mol. The Morgan fingerprint density at radius 2 is 0.604 bits per heavy atom. The van der Waals surface area contributed by atoms with Gasteiger partial charge in [-0.05, 0) is 95.1 Å². The molecule has 8 bridgehead atoms. The molecule has 7 heterocycles. The van der Waals surface area contributed by atoms with Crippen LogP contribution in [0.4, 0.5) is 0 Å². The van der Waals surface area contributed by atoms with Crippen LogP contribution in [0.2, 0.25) is 0 Å². The van der Waals surface area contributed by atoms with E-state index in [1.54, 1.807) is 24.3 Å². The molecule has 2 N–H and O–H groups in total. The van der Waals surface area contributed by atoms with Gasteiger partial charge in [-0.3, -0.25) is 38.4 Å². The molecular formula is C72H66N4O20. The number of nitrogens with zero attached hydrogens (tertiary/aromatic N) is 2. The van der Waals surface area contributed by atoms with Crippen molar-refractivity contribution >= 4 is 94.1 Å². The lowest BCUT2D eigenvalue weighted by Gasteiger charge is -2.43. The zero-order valence-electron chi connectivity index (χ0n) is 53.3. The number of H-pyrrole nitrogens is 2. The number of ether oxygens (including phenoxy) is 12. The Morgan fingerprint density at radius 3 is 0.885 bits per heavy atom. The van der Waals surface area contributed by atoms with Crippen molar-refractivity contribution in [1.29, 1.82) is 0 Å². The van der Waals surface area contributed by atoms with Crippen molar-refractivity contribution in [2.45, 2.75) is 117 Å². The second kappa shape index (κ2) is 29.0. The van der Waals surface area contributed by atoms with Crippen LogP contribution >= 0.6 is 0 Å². The number of carbonyl (C=O) groups is 8. The lowest BCUT2D eigenvalue weighted by molar-refractivity contribution is -0.288. The zero-order chi connectivity index (χ0) is 67.9. The van der Waals surface area contributed by atoms with Gasteiger partial charge in [0.15, 0.2) is 24.4 Å². The average molecular weight is 1310 g/mol. The highest BCUT2D eigenvalue weighted by Crippen LogP contribution is 2.41. The van der Waals surface area contributed by atoms with Gasteiger partial charge in [0.05, 0.1) is 22.8 Å².